The minimum absolute atomic E-state index is 0.179. The molecule has 1 fully saturated rings. The summed E-state index contributed by atoms with van der Waals surface area (Å²) >= 11 is 0. The van der Waals surface area contributed by atoms with Crippen molar-refractivity contribution in [2.45, 2.75) is 39.0 Å². The number of fused-ring (bicyclic) bond motifs is 2. The molecule has 2 aromatic rings. The van der Waals surface area contributed by atoms with Crippen LogP contribution in [0.25, 0.3) is 0 Å². The van der Waals surface area contributed by atoms with Gasteiger partial charge in [-0.2, -0.15) is 0 Å². The predicted molar refractivity (Wildman–Crippen MR) is 109 cm³/mol. The molecule has 2 heterocycles. The molecule has 6 heteroatoms. The van der Waals surface area contributed by atoms with Crippen molar-refractivity contribution in [3.8, 4) is 11.5 Å². The summed E-state index contributed by atoms with van der Waals surface area (Å²) in [7, 11) is 1.63. The lowest BCUT2D eigenvalue weighted by Crippen LogP contribution is -2.40. The van der Waals surface area contributed by atoms with Gasteiger partial charge in [-0.15, -0.1) is 0 Å². The van der Waals surface area contributed by atoms with Crippen molar-refractivity contribution >= 4 is 11.6 Å². The summed E-state index contributed by atoms with van der Waals surface area (Å²) in [4.78, 5) is 15.1. The molecule has 0 aromatic heterocycles. The number of hydrogen-bond donors (Lipinski definition) is 0. The smallest absolute Gasteiger partial charge is 0.292 e. The summed E-state index contributed by atoms with van der Waals surface area (Å²) in [6.07, 6.45) is 2.06. The Balaban J connectivity index is 1.64. The lowest BCUT2D eigenvalue weighted by Gasteiger charge is -2.22. The van der Waals surface area contributed by atoms with Crippen LogP contribution >= 0.6 is 0 Å². The SMILES string of the molecule is CCCCOc1ccc(CN2C(=O)C3(OCCO3)c3cccc(C)c32)cc1OC. The topological polar surface area (TPSA) is 57.2 Å². The van der Waals surface area contributed by atoms with Gasteiger partial charge in [0, 0.05) is 5.56 Å². The Morgan fingerprint density at radius 3 is 2.66 bits per heavy atom. The van der Waals surface area contributed by atoms with E-state index in [4.69, 9.17) is 18.9 Å². The Morgan fingerprint density at radius 1 is 1.14 bits per heavy atom. The fourth-order valence-electron chi connectivity index (χ4n) is 3.96. The summed E-state index contributed by atoms with van der Waals surface area (Å²) in [5.74, 6) is -0.109. The zero-order valence-corrected chi connectivity index (χ0v) is 17.2. The summed E-state index contributed by atoms with van der Waals surface area (Å²) in [5.41, 5.74) is 3.61. The van der Waals surface area contributed by atoms with Gasteiger partial charge in [-0.1, -0.05) is 37.6 Å². The first-order chi connectivity index (χ1) is 14.1. The molecule has 1 amide bonds. The Kier molecular flexibility index (Phi) is 5.48. The number of anilines is 1. The number of methoxy groups -OCH3 is 1. The molecule has 0 radical (unpaired) electrons. The fraction of sp³-hybridized carbons (Fsp3) is 0.435. The quantitative estimate of drug-likeness (QED) is 0.663. The Hall–Kier alpha value is -2.57. The van der Waals surface area contributed by atoms with Crippen molar-refractivity contribution in [2.24, 2.45) is 0 Å². The second-order valence-electron chi connectivity index (χ2n) is 7.36. The van der Waals surface area contributed by atoms with Gasteiger partial charge in [-0.05, 0) is 36.6 Å². The predicted octanol–water partition coefficient (Wildman–Crippen LogP) is 3.93. The highest BCUT2D eigenvalue weighted by atomic mass is 16.7. The van der Waals surface area contributed by atoms with Crippen molar-refractivity contribution in [3.63, 3.8) is 0 Å². The first kappa shape index (κ1) is 19.7. The van der Waals surface area contributed by atoms with Gasteiger partial charge in [0.25, 0.3) is 11.7 Å². The minimum Gasteiger partial charge on any atom is -0.493 e. The van der Waals surface area contributed by atoms with Crippen molar-refractivity contribution in [2.75, 3.05) is 31.8 Å². The normalized spacial score (nSPS) is 17.1. The second-order valence-corrected chi connectivity index (χ2v) is 7.36. The van der Waals surface area contributed by atoms with E-state index < -0.39 is 5.79 Å². The number of para-hydroxylation sites is 1. The van der Waals surface area contributed by atoms with Gasteiger partial charge in [0.2, 0.25) is 0 Å². The molecule has 1 saturated heterocycles. The maximum absolute atomic E-state index is 13.4. The number of rotatable bonds is 7. The number of carbonyl (C=O) groups is 1. The van der Waals surface area contributed by atoms with Crippen molar-refractivity contribution in [1.29, 1.82) is 0 Å². The van der Waals surface area contributed by atoms with E-state index in [0.29, 0.717) is 37.9 Å². The Labute approximate surface area is 171 Å². The van der Waals surface area contributed by atoms with Crippen LogP contribution < -0.4 is 14.4 Å². The molecule has 0 atom stereocenters. The van der Waals surface area contributed by atoms with Crippen molar-refractivity contribution < 1.29 is 23.7 Å². The van der Waals surface area contributed by atoms with E-state index in [9.17, 15) is 4.79 Å². The maximum atomic E-state index is 13.4. The number of ether oxygens (including phenoxy) is 4. The average Bonchev–Trinajstić information content (AvgIpc) is 3.31. The summed E-state index contributed by atoms with van der Waals surface area (Å²) in [6.45, 7) is 5.99. The highest BCUT2D eigenvalue weighted by Gasteiger charge is 2.56. The van der Waals surface area contributed by atoms with Crippen LogP contribution in [-0.4, -0.2) is 32.8 Å². The molecule has 2 aromatic carbocycles. The van der Waals surface area contributed by atoms with E-state index in [2.05, 4.69) is 6.92 Å². The highest BCUT2D eigenvalue weighted by Crippen LogP contribution is 2.47. The zero-order valence-electron chi connectivity index (χ0n) is 17.2. The van der Waals surface area contributed by atoms with Crippen LogP contribution in [0.3, 0.4) is 0 Å². The van der Waals surface area contributed by atoms with Gasteiger partial charge >= 0.3 is 0 Å². The molecule has 1 spiro atoms. The van der Waals surface area contributed by atoms with Crippen LogP contribution in [0, 0.1) is 6.92 Å². The molecule has 29 heavy (non-hydrogen) atoms. The maximum Gasteiger partial charge on any atom is 0.292 e. The molecule has 0 saturated carbocycles. The van der Waals surface area contributed by atoms with Crippen molar-refractivity contribution in [1.82, 2.24) is 0 Å². The van der Waals surface area contributed by atoms with Crippen LogP contribution in [0.2, 0.25) is 0 Å². The van der Waals surface area contributed by atoms with Gasteiger partial charge in [-0.25, -0.2) is 0 Å². The van der Waals surface area contributed by atoms with E-state index in [-0.39, 0.29) is 5.91 Å². The number of nitrogens with zero attached hydrogens (tertiary/aromatic N) is 1. The number of benzene rings is 2. The Bertz CT molecular complexity index is 904. The third kappa shape index (κ3) is 3.36. The van der Waals surface area contributed by atoms with Crippen LogP contribution in [0.1, 0.15) is 36.5 Å². The molecule has 0 aliphatic carbocycles. The van der Waals surface area contributed by atoms with Gasteiger partial charge in [0.05, 0.1) is 39.2 Å². The number of amides is 1. The molecule has 2 aliphatic heterocycles. The van der Waals surface area contributed by atoms with E-state index >= 15 is 0 Å². The van der Waals surface area contributed by atoms with Crippen molar-refractivity contribution in [3.05, 3.63) is 53.1 Å². The molecular weight excluding hydrogens is 370 g/mol. The second kappa shape index (κ2) is 8.05. The average molecular weight is 397 g/mol. The summed E-state index contributed by atoms with van der Waals surface area (Å²) in [5, 5.41) is 0. The molecular formula is C23H27NO5. The zero-order chi connectivity index (χ0) is 20.4. The van der Waals surface area contributed by atoms with E-state index in [0.717, 1.165) is 35.2 Å². The first-order valence-corrected chi connectivity index (χ1v) is 10.1. The number of carbonyl (C=O) groups excluding carboxylic acids is 1. The first-order valence-electron chi connectivity index (χ1n) is 10.1. The molecule has 0 unspecified atom stereocenters. The molecule has 154 valence electrons. The minimum atomic E-state index is -1.31. The van der Waals surface area contributed by atoms with Crippen LogP contribution in [0.5, 0.6) is 11.5 Å². The highest BCUT2D eigenvalue weighted by molar-refractivity contribution is 6.06. The van der Waals surface area contributed by atoms with Crippen LogP contribution in [0.15, 0.2) is 36.4 Å². The van der Waals surface area contributed by atoms with Crippen LogP contribution in [-0.2, 0) is 26.6 Å². The van der Waals surface area contributed by atoms with Gasteiger partial charge in [0.1, 0.15) is 0 Å². The third-order valence-electron chi connectivity index (χ3n) is 5.41. The molecule has 2 aliphatic rings. The number of aryl methyl sites for hydroxylation is 1. The number of unbranched alkanes of at least 4 members (excludes halogenated alkanes) is 1. The monoisotopic (exact) mass is 397 g/mol. The Morgan fingerprint density at radius 2 is 1.93 bits per heavy atom. The lowest BCUT2D eigenvalue weighted by atomic mass is 10.0. The molecule has 6 nitrogen and oxygen atoms in total. The molecule has 0 N–H and O–H groups in total. The number of hydrogen-bond acceptors (Lipinski definition) is 5. The van der Waals surface area contributed by atoms with Gasteiger partial charge in [0.15, 0.2) is 11.5 Å². The lowest BCUT2D eigenvalue weighted by molar-refractivity contribution is -0.180. The third-order valence-corrected chi connectivity index (χ3v) is 5.41. The fourth-order valence-corrected chi connectivity index (χ4v) is 3.96. The summed E-state index contributed by atoms with van der Waals surface area (Å²) < 4.78 is 23.0. The standard InChI is InChI=1S/C23H27NO5/c1-4-5-11-27-19-10-9-17(14-20(19)26-3)15-24-21-16(2)7-6-8-18(21)23(22(24)25)28-12-13-29-23/h6-10,14H,4-5,11-13,15H2,1-3H3. The molecule has 4 rings (SSSR count). The van der Waals surface area contributed by atoms with E-state index in [1.807, 2.05) is 43.3 Å². The van der Waals surface area contributed by atoms with E-state index in [1.165, 1.54) is 0 Å². The largest absolute Gasteiger partial charge is 0.493 e. The molecule has 0 bridgehead atoms. The van der Waals surface area contributed by atoms with E-state index in [1.54, 1.807) is 12.0 Å². The summed E-state index contributed by atoms with van der Waals surface area (Å²) in [6, 6.07) is 11.6. The van der Waals surface area contributed by atoms with Crippen LogP contribution in [0.4, 0.5) is 5.69 Å². The van der Waals surface area contributed by atoms with Gasteiger partial charge in [-0.3, -0.25) is 4.79 Å². The van der Waals surface area contributed by atoms with Gasteiger partial charge < -0.3 is 23.8 Å².